The van der Waals surface area contributed by atoms with Crippen molar-refractivity contribution in [2.45, 2.75) is 26.8 Å². The Morgan fingerprint density at radius 2 is 1.83 bits per heavy atom. The van der Waals surface area contributed by atoms with Gasteiger partial charge < -0.3 is 30.7 Å². The number of nitrogens with one attached hydrogen (secondary N) is 2. The van der Waals surface area contributed by atoms with E-state index in [9.17, 15) is 14.4 Å². The lowest BCUT2D eigenvalue weighted by Crippen LogP contribution is -2.48. The maximum Gasteiger partial charge on any atom is 0.243 e. The molecule has 1 aromatic rings. The average Bonchev–Trinajstić information content (AvgIpc) is 2.69. The Morgan fingerprint density at radius 1 is 1.17 bits per heavy atom. The molecule has 29 heavy (non-hydrogen) atoms. The molecule has 1 heterocycles. The van der Waals surface area contributed by atoms with E-state index in [-0.39, 0.29) is 49.1 Å². The molecular formula is C19H29ClN4O5. The summed E-state index contributed by atoms with van der Waals surface area (Å²) in [7, 11) is 0. The smallest absolute Gasteiger partial charge is 0.243 e. The highest BCUT2D eigenvalue weighted by atomic mass is 35.5. The number of nitrogens with zero attached hydrogens (tertiary/aromatic N) is 1. The van der Waals surface area contributed by atoms with E-state index in [1.54, 1.807) is 25.1 Å². The molecule has 162 valence electrons. The minimum absolute atomic E-state index is 0. The first kappa shape index (κ1) is 24.5. The van der Waals surface area contributed by atoms with Gasteiger partial charge in [0, 0.05) is 18.3 Å². The zero-order valence-corrected chi connectivity index (χ0v) is 17.7. The van der Waals surface area contributed by atoms with Crippen LogP contribution in [-0.4, -0.2) is 61.5 Å². The molecule has 0 aromatic heterocycles. The second-order valence-electron chi connectivity index (χ2n) is 6.80. The second kappa shape index (κ2) is 11.5. The van der Waals surface area contributed by atoms with Crippen LogP contribution in [0.5, 0.6) is 11.5 Å². The van der Waals surface area contributed by atoms with E-state index in [1.165, 1.54) is 4.90 Å². The molecule has 0 fully saturated rings. The highest BCUT2D eigenvalue weighted by Crippen LogP contribution is 2.32. The van der Waals surface area contributed by atoms with Crippen LogP contribution < -0.4 is 25.8 Å². The standard InChI is InChI=1S/C19H28N4O5.ClH/c1-4-23(17(25)10-21-19(26)18(20)12(2)3)11-16(24)22-13-5-6-14-15(9-13)28-8-7-27-14;/h5-6,9,12,18H,4,7-8,10-11,20H2,1-3H3,(H,21,26)(H,22,24);1H/t18-;/m0./s1. The van der Waals surface area contributed by atoms with Crippen LogP contribution in [0.3, 0.4) is 0 Å². The van der Waals surface area contributed by atoms with Crippen LogP contribution in [0.2, 0.25) is 0 Å². The number of benzene rings is 1. The van der Waals surface area contributed by atoms with Gasteiger partial charge in [-0.3, -0.25) is 14.4 Å². The summed E-state index contributed by atoms with van der Waals surface area (Å²) in [5.41, 5.74) is 6.30. The lowest BCUT2D eigenvalue weighted by molar-refractivity contribution is -0.135. The van der Waals surface area contributed by atoms with Crippen LogP contribution in [-0.2, 0) is 14.4 Å². The molecule has 1 aliphatic rings. The summed E-state index contributed by atoms with van der Waals surface area (Å²) >= 11 is 0. The number of nitrogens with two attached hydrogens (primary N) is 1. The van der Waals surface area contributed by atoms with E-state index in [0.717, 1.165) is 0 Å². The van der Waals surface area contributed by atoms with Gasteiger partial charge in [0.2, 0.25) is 17.7 Å². The molecule has 1 aliphatic heterocycles. The molecule has 1 aromatic carbocycles. The van der Waals surface area contributed by atoms with Crippen LogP contribution in [0, 0.1) is 5.92 Å². The minimum atomic E-state index is -0.679. The predicted octanol–water partition coefficient (Wildman–Crippen LogP) is 0.766. The topological polar surface area (TPSA) is 123 Å². The maximum atomic E-state index is 12.3. The predicted molar refractivity (Wildman–Crippen MR) is 111 cm³/mol. The molecule has 2 rings (SSSR count). The zero-order valence-electron chi connectivity index (χ0n) is 16.9. The lowest BCUT2D eigenvalue weighted by Gasteiger charge is -2.22. The van der Waals surface area contributed by atoms with E-state index in [2.05, 4.69) is 10.6 Å². The number of hydrogen-bond acceptors (Lipinski definition) is 6. The Morgan fingerprint density at radius 3 is 2.45 bits per heavy atom. The molecular weight excluding hydrogens is 400 g/mol. The van der Waals surface area contributed by atoms with Gasteiger partial charge in [0.15, 0.2) is 11.5 Å². The summed E-state index contributed by atoms with van der Waals surface area (Å²) in [5.74, 6) is 0.0668. The third kappa shape index (κ3) is 7.10. The van der Waals surface area contributed by atoms with Crippen molar-refractivity contribution < 1.29 is 23.9 Å². The van der Waals surface area contributed by atoms with Crippen LogP contribution in [0.25, 0.3) is 0 Å². The number of hydrogen-bond donors (Lipinski definition) is 3. The summed E-state index contributed by atoms with van der Waals surface area (Å²) in [6.07, 6.45) is 0. The largest absolute Gasteiger partial charge is 0.486 e. The first-order valence-electron chi connectivity index (χ1n) is 9.32. The Hall–Kier alpha value is -2.52. The van der Waals surface area contributed by atoms with Crippen LogP contribution in [0.1, 0.15) is 20.8 Å². The Kier molecular flexibility index (Phi) is 9.70. The number of ether oxygens (including phenoxy) is 2. The molecule has 1 atom stereocenters. The number of rotatable bonds is 8. The number of carbonyl (C=O) groups is 3. The Balaban J connectivity index is 0.00000420. The highest BCUT2D eigenvalue weighted by molar-refractivity contribution is 5.95. The lowest BCUT2D eigenvalue weighted by atomic mass is 10.1. The first-order chi connectivity index (χ1) is 13.3. The third-order valence-electron chi connectivity index (χ3n) is 4.33. The van der Waals surface area contributed by atoms with Crippen molar-refractivity contribution in [2.24, 2.45) is 11.7 Å². The van der Waals surface area contributed by atoms with Crippen molar-refractivity contribution in [2.75, 3.05) is 38.2 Å². The molecule has 0 aliphatic carbocycles. The number of anilines is 1. The van der Waals surface area contributed by atoms with Crippen molar-refractivity contribution in [3.63, 3.8) is 0 Å². The van der Waals surface area contributed by atoms with Crippen LogP contribution in [0.4, 0.5) is 5.69 Å². The monoisotopic (exact) mass is 428 g/mol. The number of likely N-dealkylation sites (N-methyl/N-ethyl adjacent to an activating group) is 1. The molecule has 4 N–H and O–H groups in total. The molecule has 0 radical (unpaired) electrons. The second-order valence-corrected chi connectivity index (χ2v) is 6.80. The molecule has 0 saturated carbocycles. The van der Waals surface area contributed by atoms with Gasteiger partial charge in [0.1, 0.15) is 13.2 Å². The number of amides is 3. The maximum absolute atomic E-state index is 12.3. The fourth-order valence-corrected chi connectivity index (χ4v) is 2.57. The first-order valence-corrected chi connectivity index (χ1v) is 9.32. The highest BCUT2D eigenvalue weighted by Gasteiger charge is 2.21. The minimum Gasteiger partial charge on any atom is -0.486 e. The van der Waals surface area contributed by atoms with Crippen LogP contribution in [0.15, 0.2) is 18.2 Å². The molecule has 0 bridgehead atoms. The number of halogens is 1. The van der Waals surface area contributed by atoms with Gasteiger partial charge in [0.05, 0.1) is 19.1 Å². The molecule has 10 heteroatoms. The van der Waals surface area contributed by atoms with Crippen LogP contribution >= 0.6 is 12.4 Å². The van der Waals surface area contributed by atoms with Gasteiger partial charge in [-0.25, -0.2) is 0 Å². The Bertz CT molecular complexity index is 729. The van der Waals surface area contributed by atoms with Gasteiger partial charge in [-0.05, 0) is 25.0 Å². The fourth-order valence-electron chi connectivity index (χ4n) is 2.57. The molecule has 0 saturated heterocycles. The zero-order chi connectivity index (χ0) is 20.7. The van der Waals surface area contributed by atoms with Crippen molar-refractivity contribution in [1.29, 1.82) is 0 Å². The average molecular weight is 429 g/mol. The molecule has 3 amide bonds. The van der Waals surface area contributed by atoms with E-state index >= 15 is 0 Å². The van der Waals surface area contributed by atoms with E-state index in [1.807, 2.05) is 13.8 Å². The normalized spacial score (nSPS) is 13.1. The summed E-state index contributed by atoms with van der Waals surface area (Å²) < 4.78 is 10.9. The summed E-state index contributed by atoms with van der Waals surface area (Å²) in [6.45, 7) is 6.36. The third-order valence-corrected chi connectivity index (χ3v) is 4.33. The fraction of sp³-hybridized carbons (Fsp3) is 0.526. The van der Waals surface area contributed by atoms with Crippen molar-refractivity contribution in [3.8, 4) is 11.5 Å². The summed E-state index contributed by atoms with van der Waals surface area (Å²) in [6, 6.07) is 4.43. The van der Waals surface area contributed by atoms with Gasteiger partial charge in [-0.15, -0.1) is 12.4 Å². The molecule has 0 unspecified atom stereocenters. The SMILES string of the molecule is CCN(CC(=O)Nc1ccc2c(c1)OCCO2)C(=O)CNC(=O)[C@@H](N)C(C)C.Cl. The van der Waals surface area contributed by atoms with E-state index in [4.69, 9.17) is 15.2 Å². The summed E-state index contributed by atoms with van der Waals surface area (Å²) in [4.78, 5) is 37.8. The quantitative estimate of drug-likeness (QED) is 0.562. The molecule has 9 nitrogen and oxygen atoms in total. The van der Waals surface area contributed by atoms with Gasteiger partial charge in [-0.1, -0.05) is 13.8 Å². The Labute approximate surface area is 176 Å². The van der Waals surface area contributed by atoms with Crippen molar-refractivity contribution in [3.05, 3.63) is 18.2 Å². The number of carbonyl (C=O) groups excluding carboxylic acids is 3. The van der Waals surface area contributed by atoms with Crippen molar-refractivity contribution >= 4 is 35.8 Å². The summed E-state index contributed by atoms with van der Waals surface area (Å²) in [5, 5.41) is 5.25. The number of fused-ring (bicyclic) bond motifs is 1. The van der Waals surface area contributed by atoms with E-state index in [0.29, 0.717) is 36.9 Å². The molecule has 0 spiro atoms. The van der Waals surface area contributed by atoms with Gasteiger partial charge in [-0.2, -0.15) is 0 Å². The van der Waals surface area contributed by atoms with Gasteiger partial charge in [0.25, 0.3) is 0 Å². The van der Waals surface area contributed by atoms with Gasteiger partial charge >= 0.3 is 0 Å². The van der Waals surface area contributed by atoms with E-state index < -0.39 is 6.04 Å². The van der Waals surface area contributed by atoms with Crippen molar-refractivity contribution in [1.82, 2.24) is 10.2 Å².